The molecule has 40 heavy (non-hydrogen) atoms. The summed E-state index contributed by atoms with van der Waals surface area (Å²) in [4.78, 5) is 36.1. The van der Waals surface area contributed by atoms with Crippen LogP contribution in [0.25, 0.3) is 11.2 Å². The van der Waals surface area contributed by atoms with Crippen LogP contribution in [0, 0.1) is 0 Å². The Balaban J connectivity index is 1.31. The third-order valence-corrected chi connectivity index (χ3v) is 7.59. The number of hydrogen-bond acceptors (Lipinski definition) is 11. The molecule has 18 heteroatoms. The quantitative estimate of drug-likeness (QED) is 0.152. The predicted molar refractivity (Wildman–Crippen MR) is 135 cm³/mol. The summed E-state index contributed by atoms with van der Waals surface area (Å²) in [7, 11) is -3.57. The number of fused-ring (bicyclic) bond motifs is 2. The molecule has 0 spiro atoms. The van der Waals surface area contributed by atoms with E-state index in [4.69, 9.17) is 26.8 Å². The number of halogens is 2. The van der Waals surface area contributed by atoms with Crippen LogP contribution in [-0.2, 0) is 35.5 Å². The average Bonchev–Trinajstić information content (AvgIpc) is 3.10. The molecule has 1 saturated carbocycles. The number of carbonyl (C=O) groups is 2. The maximum absolute atomic E-state index is 15.9. The molecule has 2 fully saturated rings. The van der Waals surface area contributed by atoms with Crippen molar-refractivity contribution in [1.82, 2.24) is 19.5 Å². The Morgan fingerprint density at radius 1 is 1.27 bits per heavy atom. The largest absolute Gasteiger partial charge is 0.479 e. The molecule has 1 aliphatic carbocycles. The van der Waals surface area contributed by atoms with Gasteiger partial charge in [-0.2, -0.15) is 9.97 Å². The summed E-state index contributed by atoms with van der Waals surface area (Å²) in [6.07, 6.45) is -2.91. The number of nitrogens with two attached hydrogens (primary N) is 1. The van der Waals surface area contributed by atoms with Crippen molar-refractivity contribution in [2.75, 3.05) is 23.3 Å². The third-order valence-electron chi connectivity index (χ3n) is 6.81. The number of rotatable bonds is 10. The monoisotopic (exact) mass is 600 g/mol. The Morgan fingerprint density at radius 2 is 1.93 bits per heavy atom. The van der Waals surface area contributed by atoms with Crippen LogP contribution in [0.3, 0.4) is 0 Å². The standard InChI is InChI=1S/C22H22ClFN6O9S/c1-40(36,37)29-10-4-2-9(3-5-10)6-21(18(32)33,19(34)35)38-7-11-14(31)22(24)13(15(22)39-11)30-8-26-12-16(25)27-20(23)28-17(12)30/h2-5,8,11,13-15,29,31H,6-7H2,1H3,(H,32,33)(H,34,35)(H2,25,27,28)/t11-,13?,14-,15+,22+/m1/s1. The highest BCUT2D eigenvalue weighted by Crippen LogP contribution is 2.62. The van der Waals surface area contributed by atoms with Gasteiger partial charge in [0, 0.05) is 12.1 Å². The number of ether oxygens (including phenoxy) is 2. The number of alkyl halides is 1. The van der Waals surface area contributed by atoms with Crippen LogP contribution >= 0.6 is 11.6 Å². The molecule has 1 saturated heterocycles. The molecule has 1 aromatic carbocycles. The molecule has 5 atom stereocenters. The number of imidazole rings is 1. The highest BCUT2D eigenvalue weighted by molar-refractivity contribution is 7.92. The Morgan fingerprint density at radius 3 is 2.48 bits per heavy atom. The second-order valence-corrected chi connectivity index (χ2v) is 11.6. The molecule has 1 aliphatic heterocycles. The molecular weight excluding hydrogens is 579 g/mol. The summed E-state index contributed by atoms with van der Waals surface area (Å²) in [6.45, 7) is -0.770. The molecule has 2 aromatic heterocycles. The van der Waals surface area contributed by atoms with Crippen LogP contribution in [0.2, 0.25) is 5.28 Å². The molecule has 5 rings (SSSR count). The first kappa shape index (κ1) is 27.9. The van der Waals surface area contributed by atoms with Gasteiger partial charge in [0.2, 0.25) is 15.3 Å². The van der Waals surface area contributed by atoms with Crippen LogP contribution in [0.15, 0.2) is 30.6 Å². The number of nitrogens with one attached hydrogen (secondary N) is 1. The van der Waals surface area contributed by atoms with E-state index in [1.54, 1.807) is 0 Å². The van der Waals surface area contributed by atoms with E-state index >= 15 is 4.39 Å². The van der Waals surface area contributed by atoms with Gasteiger partial charge >= 0.3 is 11.9 Å². The smallest absolute Gasteiger partial charge is 0.348 e. The summed E-state index contributed by atoms with van der Waals surface area (Å²) >= 11 is 5.85. The van der Waals surface area contributed by atoms with Gasteiger partial charge < -0.3 is 35.1 Å². The minimum atomic E-state index is -3.57. The van der Waals surface area contributed by atoms with Crippen LogP contribution < -0.4 is 10.5 Å². The van der Waals surface area contributed by atoms with Crippen LogP contribution in [0.1, 0.15) is 11.6 Å². The van der Waals surface area contributed by atoms with Crippen molar-refractivity contribution in [3.8, 4) is 0 Å². The minimum absolute atomic E-state index is 0.0276. The van der Waals surface area contributed by atoms with Gasteiger partial charge in [-0.1, -0.05) is 12.1 Å². The van der Waals surface area contributed by atoms with Crippen molar-refractivity contribution in [2.24, 2.45) is 0 Å². The van der Waals surface area contributed by atoms with E-state index in [1.807, 2.05) is 0 Å². The lowest BCUT2D eigenvalue weighted by Crippen LogP contribution is -2.53. The van der Waals surface area contributed by atoms with Gasteiger partial charge in [0.25, 0.3) is 5.60 Å². The molecule has 0 bridgehead atoms. The second-order valence-electron chi connectivity index (χ2n) is 9.51. The van der Waals surface area contributed by atoms with E-state index in [9.17, 15) is 33.3 Å². The van der Waals surface area contributed by atoms with Crippen molar-refractivity contribution >= 4 is 56.2 Å². The number of aliphatic hydroxyl groups is 1. The van der Waals surface area contributed by atoms with Gasteiger partial charge in [-0.05, 0) is 29.3 Å². The summed E-state index contributed by atoms with van der Waals surface area (Å²) in [5.41, 5.74) is 1.26. The fraction of sp³-hybridized carbons (Fsp3) is 0.409. The van der Waals surface area contributed by atoms with Crippen LogP contribution in [0.4, 0.5) is 15.9 Å². The number of aliphatic carboxylic acids is 2. The fourth-order valence-corrected chi connectivity index (χ4v) is 5.57. The maximum atomic E-state index is 15.9. The minimum Gasteiger partial charge on any atom is -0.479 e. The number of aliphatic hydroxyl groups excluding tert-OH is 1. The molecule has 3 heterocycles. The second kappa shape index (κ2) is 9.48. The number of anilines is 2. The van der Waals surface area contributed by atoms with Crippen molar-refractivity contribution in [3.05, 3.63) is 41.4 Å². The normalized spacial score (nSPS) is 26.0. The number of nitrogen functional groups attached to an aromatic ring is 1. The number of aromatic nitrogens is 4. The third kappa shape index (κ3) is 4.58. The summed E-state index contributed by atoms with van der Waals surface area (Å²) in [5.74, 6) is -3.72. The van der Waals surface area contributed by atoms with Gasteiger partial charge in [-0.15, -0.1) is 0 Å². The molecule has 6 N–H and O–H groups in total. The Bertz CT molecular complexity index is 1610. The first-order valence-electron chi connectivity index (χ1n) is 11.5. The molecular formula is C22H22ClFN6O9S. The number of nitrogens with zero attached hydrogens (tertiary/aromatic N) is 4. The lowest BCUT2D eigenvalue weighted by molar-refractivity contribution is -0.190. The molecule has 3 aromatic rings. The van der Waals surface area contributed by atoms with Crippen molar-refractivity contribution < 1.29 is 47.2 Å². The van der Waals surface area contributed by atoms with E-state index in [0.29, 0.717) is 0 Å². The lowest BCUT2D eigenvalue weighted by Gasteiger charge is -2.29. The van der Waals surface area contributed by atoms with Crippen molar-refractivity contribution in [3.63, 3.8) is 0 Å². The number of sulfonamides is 1. The Labute approximate surface area is 229 Å². The van der Waals surface area contributed by atoms with E-state index < -0.39 is 70.6 Å². The SMILES string of the molecule is CS(=O)(=O)Nc1ccc(CC(OC[C@H]2O[C@H]3C(n4cnc5c(N)nc(Cl)nc54)[C@]3(F)[C@@H]2O)(C(=O)O)C(=O)O)cc1. The Kier molecular flexibility index (Phi) is 6.61. The molecule has 0 amide bonds. The average molecular weight is 601 g/mol. The van der Waals surface area contributed by atoms with Crippen LogP contribution in [0.5, 0.6) is 0 Å². The van der Waals surface area contributed by atoms with Crippen molar-refractivity contribution in [1.29, 1.82) is 0 Å². The molecule has 15 nitrogen and oxygen atoms in total. The highest BCUT2D eigenvalue weighted by Gasteiger charge is 2.79. The first-order chi connectivity index (χ1) is 18.7. The maximum Gasteiger partial charge on any atom is 0.348 e. The summed E-state index contributed by atoms with van der Waals surface area (Å²) in [6, 6.07) is 4.22. The van der Waals surface area contributed by atoms with Crippen LogP contribution in [-0.4, -0.2) is 97.6 Å². The zero-order valence-electron chi connectivity index (χ0n) is 20.4. The van der Waals surface area contributed by atoms with Crippen molar-refractivity contribution in [2.45, 2.75) is 42.0 Å². The first-order valence-corrected chi connectivity index (χ1v) is 13.8. The van der Waals surface area contributed by atoms with Gasteiger partial charge in [0.15, 0.2) is 17.1 Å². The Hall–Kier alpha value is -3.64. The fourth-order valence-electron chi connectivity index (χ4n) is 4.84. The van der Waals surface area contributed by atoms with E-state index in [-0.39, 0.29) is 33.5 Å². The number of carboxylic acid groups (broad SMARTS) is 2. The number of hydrogen-bond donors (Lipinski definition) is 5. The summed E-state index contributed by atoms with van der Waals surface area (Å²) < 4.78 is 53.1. The number of benzene rings is 1. The zero-order chi connectivity index (χ0) is 29.2. The zero-order valence-corrected chi connectivity index (χ0v) is 22.0. The van der Waals surface area contributed by atoms with E-state index in [2.05, 4.69) is 19.7 Å². The van der Waals surface area contributed by atoms with Gasteiger partial charge in [-0.3, -0.25) is 4.72 Å². The topological polar surface area (TPSA) is 229 Å². The summed E-state index contributed by atoms with van der Waals surface area (Å²) in [5, 5.41) is 30.2. The molecule has 0 radical (unpaired) electrons. The molecule has 1 unspecified atom stereocenters. The predicted octanol–water partition coefficient (Wildman–Crippen LogP) is -0.00800. The molecule has 214 valence electrons. The lowest BCUT2D eigenvalue weighted by atomic mass is 9.94. The van der Waals surface area contributed by atoms with Gasteiger partial charge in [0.05, 0.1) is 19.2 Å². The van der Waals surface area contributed by atoms with E-state index in [1.165, 1.54) is 35.2 Å². The van der Waals surface area contributed by atoms with Gasteiger partial charge in [0.1, 0.15) is 29.9 Å². The van der Waals surface area contributed by atoms with E-state index in [0.717, 1.165) is 6.26 Å². The van der Waals surface area contributed by atoms with Gasteiger partial charge in [-0.25, -0.2) is 27.4 Å². The molecule has 2 aliphatic rings. The highest BCUT2D eigenvalue weighted by atomic mass is 35.5. The number of carboxylic acids is 2.